The van der Waals surface area contributed by atoms with Crippen LogP contribution in [0.1, 0.15) is 71.9 Å². The van der Waals surface area contributed by atoms with E-state index in [4.69, 9.17) is 0 Å². The SMILES string of the molecule is N#Cc1ccc(-c2cc(C3CC(n4ccnc4-c4ccccc4)C3)cc(C3CC(n4ccnc4-c4ccccc4)C3)c2)cc1C#N. The van der Waals surface area contributed by atoms with Gasteiger partial charge in [-0.05, 0) is 71.9 Å². The summed E-state index contributed by atoms with van der Waals surface area (Å²) in [7, 11) is 0. The maximum atomic E-state index is 9.73. The van der Waals surface area contributed by atoms with Crippen molar-refractivity contribution in [3.8, 4) is 46.0 Å². The van der Waals surface area contributed by atoms with E-state index in [-0.39, 0.29) is 0 Å². The Bertz CT molecular complexity index is 1990. The molecule has 0 radical (unpaired) electrons. The van der Waals surface area contributed by atoms with Crippen LogP contribution in [0, 0.1) is 22.7 Å². The van der Waals surface area contributed by atoms with Crippen LogP contribution in [-0.4, -0.2) is 19.1 Å². The quantitative estimate of drug-likeness (QED) is 0.184. The molecule has 2 aliphatic carbocycles. The van der Waals surface area contributed by atoms with Gasteiger partial charge in [-0.3, -0.25) is 0 Å². The summed E-state index contributed by atoms with van der Waals surface area (Å²) in [5, 5.41) is 19.2. The smallest absolute Gasteiger partial charge is 0.140 e. The van der Waals surface area contributed by atoms with Gasteiger partial charge in [0.1, 0.15) is 23.8 Å². The Kier molecular flexibility index (Phi) is 7.04. The van der Waals surface area contributed by atoms with Gasteiger partial charge in [0.15, 0.2) is 0 Å². The van der Waals surface area contributed by atoms with Gasteiger partial charge in [-0.2, -0.15) is 10.5 Å². The lowest BCUT2D eigenvalue weighted by Crippen LogP contribution is -2.27. The van der Waals surface area contributed by atoms with E-state index in [9.17, 15) is 10.5 Å². The van der Waals surface area contributed by atoms with E-state index in [1.807, 2.05) is 36.7 Å². The summed E-state index contributed by atoms with van der Waals surface area (Å²) in [4.78, 5) is 9.38. The van der Waals surface area contributed by atoms with Crippen LogP contribution in [-0.2, 0) is 0 Å². The molecule has 6 nitrogen and oxygen atoms in total. The largest absolute Gasteiger partial charge is 0.328 e. The second kappa shape index (κ2) is 11.7. The molecule has 222 valence electrons. The molecule has 0 aliphatic heterocycles. The van der Waals surface area contributed by atoms with Crippen molar-refractivity contribution in [3.05, 3.63) is 144 Å². The van der Waals surface area contributed by atoms with Crippen molar-refractivity contribution in [1.82, 2.24) is 19.1 Å². The van der Waals surface area contributed by atoms with Gasteiger partial charge in [-0.15, -0.1) is 0 Å². The van der Waals surface area contributed by atoms with Crippen molar-refractivity contribution in [3.63, 3.8) is 0 Å². The molecule has 2 fully saturated rings. The first-order valence-electron chi connectivity index (χ1n) is 15.9. The summed E-state index contributed by atoms with van der Waals surface area (Å²) in [5.41, 5.74) is 7.90. The Hall–Kier alpha value is -5.72. The maximum absolute atomic E-state index is 9.73. The number of nitriles is 2. The number of imidazole rings is 2. The first kappa shape index (κ1) is 27.8. The van der Waals surface area contributed by atoms with Crippen molar-refractivity contribution in [1.29, 1.82) is 10.5 Å². The second-order valence-electron chi connectivity index (χ2n) is 12.6. The van der Waals surface area contributed by atoms with E-state index in [2.05, 4.69) is 110 Å². The second-order valence-corrected chi connectivity index (χ2v) is 12.6. The minimum Gasteiger partial charge on any atom is -0.328 e. The van der Waals surface area contributed by atoms with Crippen LogP contribution in [0.25, 0.3) is 33.9 Å². The predicted molar refractivity (Wildman–Crippen MR) is 179 cm³/mol. The zero-order valence-electron chi connectivity index (χ0n) is 25.4. The third-order valence-electron chi connectivity index (χ3n) is 9.93. The molecule has 6 heteroatoms. The van der Waals surface area contributed by atoms with E-state index >= 15 is 0 Å². The fourth-order valence-electron chi connectivity index (χ4n) is 7.24. The first-order chi connectivity index (χ1) is 22.7. The Morgan fingerprint density at radius 3 is 1.50 bits per heavy atom. The molecule has 0 atom stereocenters. The van der Waals surface area contributed by atoms with Crippen LogP contribution in [0.15, 0.2) is 122 Å². The molecule has 46 heavy (non-hydrogen) atoms. The van der Waals surface area contributed by atoms with Crippen molar-refractivity contribution >= 4 is 0 Å². The van der Waals surface area contributed by atoms with Crippen LogP contribution in [0.5, 0.6) is 0 Å². The van der Waals surface area contributed by atoms with Crippen molar-refractivity contribution in [2.45, 2.75) is 49.6 Å². The molecular weight excluding hydrogens is 564 g/mol. The standard InChI is InChI=1S/C40H32N6/c41-25-30-12-11-29(17-36(30)26-42)31-18-32(34-21-37(22-34)45-15-13-43-39(45)27-7-3-1-4-8-27)20-33(19-31)35-23-38(24-35)46-16-14-44-40(46)28-9-5-2-6-10-28/h1-20,34-35,37-38H,21-24H2. The molecule has 8 rings (SSSR count). The number of nitrogens with zero attached hydrogens (tertiary/aromatic N) is 6. The van der Waals surface area contributed by atoms with Crippen molar-refractivity contribution < 1.29 is 0 Å². The van der Waals surface area contributed by atoms with Crippen molar-refractivity contribution in [2.24, 2.45) is 0 Å². The third kappa shape index (κ3) is 4.99. The lowest BCUT2D eigenvalue weighted by atomic mass is 9.71. The lowest BCUT2D eigenvalue weighted by molar-refractivity contribution is 0.261. The van der Waals surface area contributed by atoms with Crippen LogP contribution in [0.4, 0.5) is 0 Å². The van der Waals surface area contributed by atoms with E-state index in [0.717, 1.165) is 59.6 Å². The molecule has 0 amide bonds. The number of aromatic nitrogens is 4. The molecule has 2 aliphatic rings. The Labute approximate surface area is 268 Å². The molecule has 0 unspecified atom stereocenters. The highest BCUT2D eigenvalue weighted by atomic mass is 15.1. The first-order valence-corrected chi connectivity index (χ1v) is 15.9. The highest BCUT2D eigenvalue weighted by Crippen LogP contribution is 2.50. The van der Waals surface area contributed by atoms with Gasteiger partial charge >= 0.3 is 0 Å². The summed E-state index contributed by atoms with van der Waals surface area (Å²) >= 11 is 0. The minimum absolute atomic E-state index is 0.403. The van der Waals surface area contributed by atoms with Gasteiger partial charge < -0.3 is 9.13 Å². The average molecular weight is 597 g/mol. The molecule has 0 saturated heterocycles. The van der Waals surface area contributed by atoms with Gasteiger partial charge in [0.25, 0.3) is 0 Å². The van der Waals surface area contributed by atoms with Gasteiger partial charge in [0.05, 0.1) is 11.1 Å². The lowest BCUT2D eigenvalue weighted by Gasteiger charge is -2.40. The number of hydrogen-bond acceptors (Lipinski definition) is 4. The molecule has 4 aromatic carbocycles. The molecule has 2 aromatic heterocycles. The molecule has 2 heterocycles. The highest BCUT2D eigenvalue weighted by molar-refractivity contribution is 5.69. The highest BCUT2D eigenvalue weighted by Gasteiger charge is 2.36. The van der Waals surface area contributed by atoms with Gasteiger partial charge in [-0.1, -0.05) is 84.9 Å². The summed E-state index contributed by atoms with van der Waals surface area (Å²) in [6.45, 7) is 0. The van der Waals surface area contributed by atoms with E-state index in [0.29, 0.717) is 35.0 Å². The topological polar surface area (TPSA) is 83.2 Å². The van der Waals surface area contributed by atoms with Gasteiger partial charge in [-0.25, -0.2) is 9.97 Å². The van der Waals surface area contributed by atoms with E-state index in [1.165, 1.54) is 11.1 Å². The van der Waals surface area contributed by atoms with Crippen LogP contribution < -0.4 is 0 Å². The fourth-order valence-corrected chi connectivity index (χ4v) is 7.24. The molecule has 0 N–H and O–H groups in total. The van der Waals surface area contributed by atoms with E-state index < -0.39 is 0 Å². The molecular formula is C40H32N6. The molecule has 0 bridgehead atoms. The average Bonchev–Trinajstić information content (AvgIpc) is 3.75. The Balaban J connectivity index is 1.08. The van der Waals surface area contributed by atoms with Crippen LogP contribution in [0.3, 0.4) is 0 Å². The molecule has 2 saturated carbocycles. The Morgan fingerprint density at radius 2 is 1.02 bits per heavy atom. The zero-order chi connectivity index (χ0) is 31.0. The summed E-state index contributed by atoms with van der Waals surface area (Å²) in [6.07, 6.45) is 12.2. The monoisotopic (exact) mass is 596 g/mol. The van der Waals surface area contributed by atoms with Gasteiger partial charge in [0, 0.05) is 48.0 Å². The minimum atomic E-state index is 0.403. The van der Waals surface area contributed by atoms with Crippen molar-refractivity contribution in [2.75, 3.05) is 0 Å². The fraction of sp³-hybridized carbons (Fsp3) is 0.200. The third-order valence-corrected chi connectivity index (χ3v) is 9.93. The summed E-state index contributed by atoms with van der Waals surface area (Å²) in [6, 6.07) is 38.6. The van der Waals surface area contributed by atoms with Crippen LogP contribution in [0.2, 0.25) is 0 Å². The normalized spacial score (nSPS) is 20.2. The summed E-state index contributed by atoms with van der Waals surface area (Å²) in [5.74, 6) is 2.93. The zero-order valence-corrected chi connectivity index (χ0v) is 25.4. The van der Waals surface area contributed by atoms with Gasteiger partial charge in [0.2, 0.25) is 0 Å². The summed E-state index contributed by atoms with van der Waals surface area (Å²) < 4.78 is 4.67. The number of benzene rings is 4. The maximum Gasteiger partial charge on any atom is 0.140 e. The number of hydrogen-bond donors (Lipinski definition) is 0. The predicted octanol–water partition coefficient (Wildman–Crippen LogP) is 9.06. The van der Waals surface area contributed by atoms with E-state index in [1.54, 1.807) is 6.07 Å². The number of rotatable bonds is 7. The molecule has 6 aromatic rings. The molecule has 0 spiro atoms. The van der Waals surface area contributed by atoms with Crippen LogP contribution >= 0.6 is 0 Å². The Morgan fingerprint density at radius 1 is 0.522 bits per heavy atom.